The third-order valence-corrected chi connectivity index (χ3v) is 5.90. The molecule has 1 fully saturated rings. The van der Waals surface area contributed by atoms with E-state index in [0.29, 0.717) is 40.7 Å². The Morgan fingerprint density at radius 1 is 0.946 bits per heavy atom. The molecule has 0 spiro atoms. The molecule has 1 N–H and O–H groups in total. The van der Waals surface area contributed by atoms with Crippen molar-refractivity contribution in [3.63, 3.8) is 0 Å². The largest absolute Gasteiger partial charge is 0.507 e. The van der Waals surface area contributed by atoms with Crippen LogP contribution in [-0.4, -0.2) is 28.6 Å². The molecule has 1 saturated heterocycles. The van der Waals surface area contributed by atoms with Gasteiger partial charge in [-0.2, -0.15) is 0 Å². The molecule has 1 aliphatic rings. The van der Waals surface area contributed by atoms with E-state index in [1.54, 1.807) is 61.5 Å². The molecule has 2 heterocycles. The number of hydrogen-bond donors (Lipinski definition) is 1. The summed E-state index contributed by atoms with van der Waals surface area (Å²) < 4.78 is 16.6. The van der Waals surface area contributed by atoms with Crippen molar-refractivity contribution < 1.29 is 28.7 Å². The van der Waals surface area contributed by atoms with Gasteiger partial charge < -0.3 is 19.1 Å². The van der Waals surface area contributed by atoms with Gasteiger partial charge in [-0.05, 0) is 67.9 Å². The molecule has 0 unspecified atom stereocenters. The molecule has 5 rings (SSSR count). The summed E-state index contributed by atoms with van der Waals surface area (Å²) in [7, 11) is 0. The van der Waals surface area contributed by atoms with Gasteiger partial charge in [0.1, 0.15) is 28.8 Å². The van der Waals surface area contributed by atoms with Gasteiger partial charge in [0.25, 0.3) is 5.78 Å². The Balaban J connectivity index is 1.62. The van der Waals surface area contributed by atoms with Gasteiger partial charge in [-0.3, -0.25) is 14.5 Å². The number of nitrogens with zero attached hydrogens (tertiary/aromatic N) is 2. The van der Waals surface area contributed by atoms with Crippen LogP contribution in [0.4, 0.5) is 5.82 Å². The monoisotopic (exact) mass is 496 g/mol. The van der Waals surface area contributed by atoms with E-state index in [0.717, 1.165) is 0 Å². The topological polar surface area (TPSA) is 102 Å². The second-order valence-electron chi connectivity index (χ2n) is 8.41. The fraction of sp³-hybridized carbons (Fsp3) is 0.138. The molecule has 4 aromatic rings. The van der Waals surface area contributed by atoms with Crippen molar-refractivity contribution in [1.82, 2.24) is 5.16 Å². The maximum absolute atomic E-state index is 13.3. The minimum Gasteiger partial charge on any atom is -0.507 e. The summed E-state index contributed by atoms with van der Waals surface area (Å²) in [6, 6.07) is 23.6. The van der Waals surface area contributed by atoms with Crippen molar-refractivity contribution in [3.05, 3.63) is 107 Å². The molecule has 1 aromatic heterocycles. The van der Waals surface area contributed by atoms with E-state index in [1.165, 1.54) is 4.90 Å². The molecule has 186 valence electrons. The zero-order chi connectivity index (χ0) is 25.9. The standard InChI is InChI=1S/C29H24N2O6/c1-3-35-21-14-12-19(13-15-21)27(32)25-26(31(29(34)28(25)33)24-16-18(2)37-30-24)20-8-7-11-23(17-20)36-22-9-5-4-6-10-22/h4-17,26,32H,3H2,1-2H3/b27-25+/t26-/m0/s1. The quantitative estimate of drug-likeness (QED) is 0.196. The van der Waals surface area contributed by atoms with Crippen LogP contribution in [0.2, 0.25) is 0 Å². The molecule has 1 amide bonds. The van der Waals surface area contributed by atoms with Gasteiger partial charge >= 0.3 is 5.91 Å². The Labute approximate surface area is 213 Å². The van der Waals surface area contributed by atoms with E-state index in [-0.39, 0.29) is 17.2 Å². The first-order valence-corrected chi connectivity index (χ1v) is 11.8. The number of carbonyl (C=O) groups excluding carboxylic acids is 2. The Kier molecular flexibility index (Phi) is 6.47. The normalized spacial score (nSPS) is 16.7. The number of aryl methyl sites for hydroxylation is 1. The second-order valence-corrected chi connectivity index (χ2v) is 8.41. The maximum Gasteiger partial charge on any atom is 0.301 e. The van der Waals surface area contributed by atoms with Gasteiger partial charge in [0.2, 0.25) is 0 Å². The van der Waals surface area contributed by atoms with E-state index in [1.807, 2.05) is 37.3 Å². The lowest BCUT2D eigenvalue weighted by Crippen LogP contribution is -2.29. The number of hydrogen-bond acceptors (Lipinski definition) is 7. The van der Waals surface area contributed by atoms with Crippen LogP contribution in [0.1, 0.15) is 29.9 Å². The maximum atomic E-state index is 13.3. The third-order valence-electron chi connectivity index (χ3n) is 5.90. The van der Waals surface area contributed by atoms with Crippen molar-refractivity contribution in [3.8, 4) is 17.2 Å². The van der Waals surface area contributed by atoms with Crippen molar-refractivity contribution in [1.29, 1.82) is 0 Å². The van der Waals surface area contributed by atoms with Crippen molar-refractivity contribution >= 4 is 23.3 Å². The number of aliphatic hydroxyl groups excluding tert-OH is 1. The number of ketones is 1. The van der Waals surface area contributed by atoms with Crippen LogP contribution >= 0.6 is 0 Å². The van der Waals surface area contributed by atoms with Gasteiger partial charge in [-0.15, -0.1) is 0 Å². The lowest BCUT2D eigenvalue weighted by atomic mass is 9.95. The average molecular weight is 497 g/mol. The molecule has 3 aromatic carbocycles. The summed E-state index contributed by atoms with van der Waals surface area (Å²) in [6.07, 6.45) is 0. The molecule has 0 bridgehead atoms. The van der Waals surface area contributed by atoms with Crippen LogP contribution in [0.25, 0.3) is 5.76 Å². The molecule has 1 atom stereocenters. The highest BCUT2D eigenvalue weighted by Crippen LogP contribution is 2.43. The smallest absolute Gasteiger partial charge is 0.301 e. The number of aromatic nitrogens is 1. The number of benzene rings is 3. The Bertz CT molecular complexity index is 1470. The highest BCUT2D eigenvalue weighted by molar-refractivity contribution is 6.51. The summed E-state index contributed by atoms with van der Waals surface area (Å²) in [6.45, 7) is 4.06. The molecule has 0 radical (unpaired) electrons. The Morgan fingerprint density at radius 2 is 1.68 bits per heavy atom. The number of para-hydroxylation sites is 1. The number of aliphatic hydroxyl groups is 1. The predicted molar refractivity (Wildman–Crippen MR) is 137 cm³/mol. The summed E-state index contributed by atoms with van der Waals surface area (Å²) in [5, 5.41) is 15.3. The van der Waals surface area contributed by atoms with Crippen molar-refractivity contribution in [2.75, 3.05) is 11.5 Å². The number of Topliss-reactive ketones (excluding diaryl/α,β-unsaturated/α-hetero) is 1. The van der Waals surface area contributed by atoms with Crippen molar-refractivity contribution in [2.45, 2.75) is 19.9 Å². The van der Waals surface area contributed by atoms with E-state index in [4.69, 9.17) is 14.0 Å². The van der Waals surface area contributed by atoms with E-state index in [2.05, 4.69) is 5.16 Å². The minimum atomic E-state index is -0.963. The number of anilines is 1. The number of rotatable bonds is 7. The third kappa shape index (κ3) is 4.69. The molecule has 37 heavy (non-hydrogen) atoms. The van der Waals surface area contributed by atoms with Crippen LogP contribution in [0.5, 0.6) is 17.2 Å². The van der Waals surface area contributed by atoms with Crippen LogP contribution in [0.15, 0.2) is 95.0 Å². The fourth-order valence-corrected chi connectivity index (χ4v) is 4.25. The molecule has 0 aliphatic carbocycles. The molecule has 8 nitrogen and oxygen atoms in total. The predicted octanol–water partition coefficient (Wildman–Crippen LogP) is 5.80. The van der Waals surface area contributed by atoms with Crippen LogP contribution in [0.3, 0.4) is 0 Å². The first-order chi connectivity index (χ1) is 18.0. The summed E-state index contributed by atoms with van der Waals surface area (Å²) in [5.41, 5.74) is 0.868. The minimum absolute atomic E-state index is 0.0633. The van der Waals surface area contributed by atoms with Gasteiger partial charge in [0.15, 0.2) is 5.82 Å². The average Bonchev–Trinajstić information content (AvgIpc) is 3.45. The molecule has 1 aliphatic heterocycles. The summed E-state index contributed by atoms with van der Waals surface area (Å²) in [5.74, 6) is 0.463. The van der Waals surface area contributed by atoms with Crippen LogP contribution < -0.4 is 14.4 Å². The van der Waals surface area contributed by atoms with Crippen LogP contribution in [0, 0.1) is 6.92 Å². The zero-order valence-corrected chi connectivity index (χ0v) is 20.3. The molecular formula is C29H24N2O6. The summed E-state index contributed by atoms with van der Waals surface area (Å²) >= 11 is 0. The van der Waals surface area contributed by atoms with Gasteiger partial charge in [-0.25, -0.2) is 0 Å². The second kappa shape index (κ2) is 10.0. The molecule has 0 saturated carbocycles. The molecular weight excluding hydrogens is 472 g/mol. The first kappa shape index (κ1) is 23.9. The SMILES string of the molecule is CCOc1ccc(/C(O)=C2\C(=O)C(=O)N(c3cc(C)on3)[C@H]2c2cccc(Oc3ccccc3)c2)cc1. The highest BCUT2D eigenvalue weighted by atomic mass is 16.5. The van der Waals surface area contributed by atoms with Crippen molar-refractivity contribution in [2.24, 2.45) is 0 Å². The van der Waals surface area contributed by atoms with E-state index >= 15 is 0 Å². The van der Waals surface area contributed by atoms with Gasteiger partial charge in [0.05, 0.1) is 18.2 Å². The van der Waals surface area contributed by atoms with E-state index in [9.17, 15) is 14.7 Å². The number of amides is 1. The highest BCUT2D eigenvalue weighted by Gasteiger charge is 2.48. The lowest BCUT2D eigenvalue weighted by molar-refractivity contribution is -0.132. The Hall–Kier alpha value is -4.85. The van der Waals surface area contributed by atoms with E-state index < -0.39 is 17.7 Å². The van der Waals surface area contributed by atoms with Gasteiger partial charge in [-0.1, -0.05) is 35.5 Å². The zero-order valence-electron chi connectivity index (χ0n) is 20.3. The van der Waals surface area contributed by atoms with Crippen LogP contribution in [-0.2, 0) is 9.59 Å². The fourth-order valence-electron chi connectivity index (χ4n) is 4.25. The first-order valence-electron chi connectivity index (χ1n) is 11.8. The Morgan fingerprint density at radius 3 is 2.35 bits per heavy atom. The lowest BCUT2D eigenvalue weighted by Gasteiger charge is -2.23. The number of ether oxygens (including phenoxy) is 2. The van der Waals surface area contributed by atoms with Gasteiger partial charge in [0, 0.05) is 11.6 Å². The number of carbonyl (C=O) groups is 2. The summed E-state index contributed by atoms with van der Waals surface area (Å²) in [4.78, 5) is 27.8. The molecule has 8 heteroatoms.